The van der Waals surface area contributed by atoms with Crippen LogP contribution in [0.4, 0.5) is 0 Å². The van der Waals surface area contributed by atoms with E-state index in [0.29, 0.717) is 13.2 Å². The summed E-state index contributed by atoms with van der Waals surface area (Å²) in [6.07, 6.45) is 0.000980. The van der Waals surface area contributed by atoms with Crippen LogP contribution < -0.4 is 5.32 Å². The molecule has 9 nitrogen and oxygen atoms in total. The second-order valence-corrected chi connectivity index (χ2v) is 5.64. The van der Waals surface area contributed by atoms with Crippen molar-refractivity contribution in [3.8, 4) is 0 Å². The third-order valence-electron chi connectivity index (χ3n) is 3.92. The molecule has 0 unspecified atom stereocenters. The fourth-order valence-corrected chi connectivity index (χ4v) is 2.73. The second-order valence-electron chi connectivity index (χ2n) is 5.64. The van der Waals surface area contributed by atoms with E-state index in [2.05, 4.69) is 5.32 Å². The molecule has 1 aliphatic rings. The summed E-state index contributed by atoms with van der Waals surface area (Å²) in [5, 5.41) is 13.2. The quantitative estimate of drug-likeness (QED) is 0.268. The number of ketones is 1. The van der Waals surface area contributed by atoms with E-state index >= 15 is 0 Å². The van der Waals surface area contributed by atoms with Gasteiger partial charge >= 0.3 is 5.97 Å². The summed E-state index contributed by atoms with van der Waals surface area (Å²) < 4.78 is 9.58. The molecule has 1 rings (SSSR count). The smallest absolute Gasteiger partial charge is 0.307 e. The molecule has 1 N–H and O–H groups in total. The van der Waals surface area contributed by atoms with Crippen LogP contribution in [-0.4, -0.2) is 56.0 Å². The average molecular weight is 330 g/mol. The van der Waals surface area contributed by atoms with Crippen molar-refractivity contribution in [2.75, 3.05) is 33.4 Å². The van der Waals surface area contributed by atoms with Crippen LogP contribution >= 0.6 is 0 Å². The third kappa shape index (κ3) is 6.31. The van der Waals surface area contributed by atoms with Crippen LogP contribution in [0.2, 0.25) is 0 Å². The molecule has 0 aromatic rings. The number of hydrogen-bond acceptors (Lipinski definition) is 7. The van der Waals surface area contributed by atoms with Gasteiger partial charge in [0.05, 0.1) is 13.0 Å². The topological polar surface area (TPSA) is 125 Å². The molecule has 0 bridgehead atoms. The van der Waals surface area contributed by atoms with E-state index in [1.165, 1.54) is 7.11 Å². The molecule has 0 aromatic carbocycles. The number of esters is 1. The van der Waals surface area contributed by atoms with E-state index in [0.717, 1.165) is 0 Å². The Hall–Kier alpha value is -2.03. The summed E-state index contributed by atoms with van der Waals surface area (Å²) in [4.78, 5) is 45.3. The lowest BCUT2D eigenvalue weighted by molar-refractivity contribution is -0.490. The molecule has 1 fully saturated rings. The minimum Gasteiger partial charge on any atom is -0.456 e. The van der Waals surface area contributed by atoms with Crippen LogP contribution in [0, 0.1) is 27.9 Å². The van der Waals surface area contributed by atoms with Gasteiger partial charge in [0.15, 0.2) is 6.61 Å². The van der Waals surface area contributed by atoms with Crippen LogP contribution in [0.1, 0.15) is 19.8 Å². The van der Waals surface area contributed by atoms with Crippen LogP contribution in [0.25, 0.3) is 0 Å². The summed E-state index contributed by atoms with van der Waals surface area (Å²) in [5.41, 5.74) is 0. The summed E-state index contributed by atoms with van der Waals surface area (Å²) in [6, 6.07) is 0. The Balaban J connectivity index is 2.43. The molecule has 0 radical (unpaired) electrons. The Kier molecular flexibility index (Phi) is 7.60. The highest BCUT2D eigenvalue weighted by Crippen LogP contribution is 2.36. The van der Waals surface area contributed by atoms with Crippen LogP contribution in [0.5, 0.6) is 0 Å². The molecule has 3 atom stereocenters. The minimum atomic E-state index is -0.709. The number of rotatable bonds is 9. The maximum atomic E-state index is 11.9. The molecule has 0 aliphatic heterocycles. The molecule has 9 heteroatoms. The summed E-state index contributed by atoms with van der Waals surface area (Å²) in [7, 11) is 1.49. The Morgan fingerprint density at radius 3 is 2.74 bits per heavy atom. The van der Waals surface area contributed by atoms with Crippen molar-refractivity contribution >= 4 is 17.7 Å². The van der Waals surface area contributed by atoms with Crippen LogP contribution in [0.3, 0.4) is 0 Å². The predicted octanol–water partition coefficient (Wildman–Crippen LogP) is -0.200. The lowest BCUT2D eigenvalue weighted by atomic mass is 9.88. The Morgan fingerprint density at radius 1 is 1.43 bits per heavy atom. The Morgan fingerprint density at radius 2 is 2.13 bits per heavy atom. The predicted molar refractivity (Wildman–Crippen MR) is 78.1 cm³/mol. The molecular formula is C14H22N2O7. The SMILES string of the molecule is COCCNC(=O)COC(=O)C[C@@H]1C(=O)C[C@@H](C)[C@H]1C[N+](=O)[O-]. The maximum Gasteiger partial charge on any atom is 0.307 e. The van der Waals surface area contributed by atoms with Crippen molar-refractivity contribution in [3.63, 3.8) is 0 Å². The van der Waals surface area contributed by atoms with Crippen molar-refractivity contribution in [3.05, 3.63) is 10.1 Å². The first-order valence-electron chi connectivity index (χ1n) is 7.41. The Labute approximate surface area is 133 Å². The molecule has 1 saturated carbocycles. The highest BCUT2D eigenvalue weighted by molar-refractivity contribution is 5.88. The highest BCUT2D eigenvalue weighted by Gasteiger charge is 2.44. The van der Waals surface area contributed by atoms with Gasteiger partial charge in [-0.1, -0.05) is 6.92 Å². The number of Topliss-reactive ketones (excluding diaryl/α,β-unsaturated/α-hetero) is 1. The summed E-state index contributed by atoms with van der Waals surface area (Å²) >= 11 is 0. The molecule has 0 saturated heterocycles. The number of hydrogen-bond donors (Lipinski definition) is 1. The number of nitrogens with one attached hydrogen (secondary N) is 1. The van der Waals surface area contributed by atoms with Crippen molar-refractivity contribution in [1.82, 2.24) is 5.32 Å². The maximum absolute atomic E-state index is 11.9. The number of ether oxygens (including phenoxy) is 2. The number of amides is 1. The molecular weight excluding hydrogens is 308 g/mol. The monoisotopic (exact) mass is 330 g/mol. The molecule has 1 amide bonds. The average Bonchev–Trinajstić information content (AvgIpc) is 2.72. The van der Waals surface area contributed by atoms with Gasteiger partial charge in [-0.05, 0) is 5.92 Å². The third-order valence-corrected chi connectivity index (χ3v) is 3.92. The van der Waals surface area contributed by atoms with Crippen molar-refractivity contribution in [2.24, 2.45) is 17.8 Å². The van der Waals surface area contributed by atoms with Crippen molar-refractivity contribution < 1.29 is 28.8 Å². The first kappa shape index (κ1) is 19.0. The molecule has 1 aliphatic carbocycles. The van der Waals surface area contributed by atoms with Crippen molar-refractivity contribution in [1.29, 1.82) is 0 Å². The zero-order valence-electron chi connectivity index (χ0n) is 13.3. The molecule has 0 heterocycles. The van der Waals surface area contributed by atoms with Gasteiger partial charge < -0.3 is 14.8 Å². The summed E-state index contributed by atoms with van der Waals surface area (Å²) in [6.45, 7) is 1.62. The standard InChI is InChI=1S/C14H22N2O7/c1-9-5-12(17)10(11(9)7-16(20)21)6-14(19)23-8-13(18)15-3-4-22-2/h9-11H,3-8H2,1-2H3,(H,15,18)/t9-,10+,11-/m1/s1. The van der Waals surface area contributed by atoms with E-state index in [1.807, 2.05) is 0 Å². The molecule has 23 heavy (non-hydrogen) atoms. The van der Waals surface area contributed by atoms with E-state index in [9.17, 15) is 24.5 Å². The Bertz CT molecular complexity index is 466. The normalized spacial score (nSPS) is 23.6. The second kappa shape index (κ2) is 9.19. The van der Waals surface area contributed by atoms with Crippen LogP contribution in [-0.2, 0) is 23.9 Å². The van der Waals surface area contributed by atoms with Gasteiger partial charge in [-0.2, -0.15) is 0 Å². The van der Waals surface area contributed by atoms with Gasteiger partial charge in [0.1, 0.15) is 5.78 Å². The van der Waals surface area contributed by atoms with E-state index in [1.54, 1.807) is 6.92 Å². The highest BCUT2D eigenvalue weighted by atomic mass is 16.6. The van der Waals surface area contributed by atoms with E-state index in [-0.39, 0.29) is 31.1 Å². The number of carbonyl (C=O) groups is 3. The van der Waals surface area contributed by atoms with Crippen LogP contribution in [0.15, 0.2) is 0 Å². The number of nitro groups is 1. The van der Waals surface area contributed by atoms with Gasteiger partial charge in [-0.15, -0.1) is 0 Å². The van der Waals surface area contributed by atoms with E-state index < -0.39 is 35.2 Å². The van der Waals surface area contributed by atoms with E-state index in [4.69, 9.17) is 9.47 Å². The first-order chi connectivity index (χ1) is 10.8. The van der Waals surface area contributed by atoms with Gasteiger partial charge in [-0.25, -0.2) is 0 Å². The zero-order valence-corrected chi connectivity index (χ0v) is 13.3. The number of methoxy groups -OCH3 is 1. The fraction of sp³-hybridized carbons (Fsp3) is 0.786. The van der Waals surface area contributed by atoms with Gasteiger partial charge in [0, 0.05) is 36.8 Å². The molecule has 0 aromatic heterocycles. The summed E-state index contributed by atoms with van der Waals surface area (Å²) in [5.74, 6) is -2.65. The lowest BCUT2D eigenvalue weighted by Crippen LogP contribution is -2.32. The fourth-order valence-electron chi connectivity index (χ4n) is 2.73. The van der Waals surface area contributed by atoms with Gasteiger partial charge in [-0.3, -0.25) is 24.5 Å². The lowest BCUT2D eigenvalue weighted by Gasteiger charge is -2.17. The van der Waals surface area contributed by atoms with Gasteiger partial charge in [0.25, 0.3) is 5.91 Å². The zero-order chi connectivity index (χ0) is 17.4. The largest absolute Gasteiger partial charge is 0.456 e. The first-order valence-corrected chi connectivity index (χ1v) is 7.41. The number of nitrogens with zero attached hydrogens (tertiary/aromatic N) is 1. The van der Waals surface area contributed by atoms with Crippen molar-refractivity contribution in [2.45, 2.75) is 19.8 Å². The molecule has 130 valence electrons. The number of carbonyl (C=O) groups excluding carboxylic acids is 3. The minimum absolute atomic E-state index is 0.136. The van der Waals surface area contributed by atoms with Gasteiger partial charge in [0.2, 0.25) is 6.54 Å². The molecule has 0 spiro atoms.